The first-order valence-electron chi connectivity index (χ1n) is 5.56. The van der Waals surface area contributed by atoms with Gasteiger partial charge in [-0.3, -0.25) is 0 Å². The molecule has 17 heavy (non-hydrogen) atoms. The fraction of sp³-hybridized carbons (Fsp3) is 0.462. The molecular weight excluding hydrogens is 282 g/mol. The third-order valence-corrected chi connectivity index (χ3v) is 4.32. The minimum Gasteiger partial charge on any atom is -0.497 e. The Morgan fingerprint density at radius 3 is 2.65 bits per heavy atom. The summed E-state index contributed by atoms with van der Waals surface area (Å²) in [6.45, 7) is 2.03. The van der Waals surface area contributed by atoms with Gasteiger partial charge in [0.1, 0.15) is 5.75 Å². The standard InChI is InChI=1S/C13H14BrNO2/c1-9-11(6-10(17-2)7-12(9)14)13(15-8-16)4-3-5-13/h6-7H,3-5H2,1-2H3. The van der Waals surface area contributed by atoms with E-state index in [1.165, 1.54) is 0 Å². The summed E-state index contributed by atoms with van der Waals surface area (Å²) in [5.74, 6) is 0.782. The summed E-state index contributed by atoms with van der Waals surface area (Å²) in [4.78, 5) is 14.6. The Labute approximate surface area is 109 Å². The second-order valence-corrected chi connectivity index (χ2v) is 5.22. The molecule has 1 aromatic rings. The van der Waals surface area contributed by atoms with Crippen LogP contribution < -0.4 is 4.74 Å². The van der Waals surface area contributed by atoms with Crippen molar-refractivity contribution in [1.29, 1.82) is 0 Å². The van der Waals surface area contributed by atoms with Gasteiger partial charge in [-0.15, -0.1) is 0 Å². The van der Waals surface area contributed by atoms with Crippen LogP contribution in [0.25, 0.3) is 0 Å². The first kappa shape index (κ1) is 12.3. The average Bonchev–Trinajstić information content (AvgIpc) is 2.27. The molecule has 0 unspecified atom stereocenters. The lowest BCUT2D eigenvalue weighted by atomic mass is 9.71. The largest absolute Gasteiger partial charge is 0.497 e. The minimum atomic E-state index is -0.372. The first-order valence-corrected chi connectivity index (χ1v) is 6.36. The fourth-order valence-corrected chi connectivity index (χ4v) is 2.73. The van der Waals surface area contributed by atoms with Crippen LogP contribution in [-0.2, 0) is 10.3 Å². The number of hydrogen-bond acceptors (Lipinski definition) is 3. The molecule has 0 heterocycles. The van der Waals surface area contributed by atoms with Crippen LogP contribution in [0.1, 0.15) is 30.4 Å². The summed E-state index contributed by atoms with van der Waals surface area (Å²) in [6, 6.07) is 3.90. The van der Waals surface area contributed by atoms with Crippen LogP contribution in [0.15, 0.2) is 21.6 Å². The van der Waals surface area contributed by atoms with Crippen molar-refractivity contribution >= 4 is 22.0 Å². The zero-order valence-electron chi connectivity index (χ0n) is 9.92. The molecule has 90 valence electrons. The predicted octanol–water partition coefficient (Wildman–Crippen LogP) is 3.48. The van der Waals surface area contributed by atoms with Crippen molar-refractivity contribution in [2.75, 3.05) is 7.11 Å². The number of hydrogen-bond donors (Lipinski definition) is 0. The summed E-state index contributed by atoms with van der Waals surface area (Å²) in [5, 5.41) is 0. The van der Waals surface area contributed by atoms with E-state index in [1.807, 2.05) is 19.1 Å². The molecule has 0 saturated heterocycles. The number of carbonyl (C=O) groups excluding carboxylic acids is 1. The molecular formula is C13H14BrNO2. The smallest absolute Gasteiger partial charge is 0.235 e. The van der Waals surface area contributed by atoms with Crippen molar-refractivity contribution in [2.24, 2.45) is 4.99 Å². The number of isocyanates is 1. The van der Waals surface area contributed by atoms with Crippen molar-refractivity contribution < 1.29 is 9.53 Å². The molecule has 1 aromatic carbocycles. The van der Waals surface area contributed by atoms with E-state index in [9.17, 15) is 4.79 Å². The van der Waals surface area contributed by atoms with Gasteiger partial charge in [-0.05, 0) is 49.4 Å². The molecule has 1 saturated carbocycles. The summed E-state index contributed by atoms with van der Waals surface area (Å²) < 4.78 is 6.25. The maximum atomic E-state index is 10.6. The van der Waals surface area contributed by atoms with Crippen LogP contribution in [-0.4, -0.2) is 13.2 Å². The Morgan fingerprint density at radius 2 is 2.18 bits per heavy atom. The Hall–Kier alpha value is -1.12. The molecule has 4 heteroatoms. The highest BCUT2D eigenvalue weighted by Crippen LogP contribution is 2.47. The summed E-state index contributed by atoms with van der Waals surface area (Å²) in [6.07, 6.45) is 4.62. The topological polar surface area (TPSA) is 38.7 Å². The van der Waals surface area contributed by atoms with Gasteiger partial charge in [0.05, 0.1) is 12.6 Å². The van der Waals surface area contributed by atoms with Gasteiger partial charge in [-0.2, -0.15) is 4.99 Å². The summed E-state index contributed by atoms with van der Waals surface area (Å²) in [5.41, 5.74) is 1.81. The van der Waals surface area contributed by atoms with Crippen LogP contribution in [0.3, 0.4) is 0 Å². The van der Waals surface area contributed by atoms with Gasteiger partial charge in [0.2, 0.25) is 6.08 Å². The lowest BCUT2D eigenvalue weighted by Crippen LogP contribution is -2.32. The zero-order valence-corrected chi connectivity index (χ0v) is 11.5. The van der Waals surface area contributed by atoms with Crippen LogP contribution in [0, 0.1) is 6.92 Å². The van der Waals surface area contributed by atoms with Gasteiger partial charge in [-0.1, -0.05) is 15.9 Å². The highest BCUT2D eigenvalue weighted by molar-refractivity contribution is 9.10. The number of halogens is 1. The van der Waals surface area contributed by atoms with Gasteiger partial charge < -0.3 is 4.74 Å². The molecule has 3 nitrogen and oxygen atoms in total. The van der Waals surface area contributed by atoms with Crippen molar-refractivity contribution in [3.05, 3.63) is 27.7 Å². The van der Waals surface area contributed by atoms with E-state index in [2.05, 4.69) is 20.9 Å². The normalized spacial score (nSPS) is 16.9. The van der Waals surface area contributed by atoms with E-state index < -0.39 is 0 Å². The van der Waals surface area contributed by atoms with Crippen molar-refractivity contribution in [2.45, 2.75) is 31.7 Å². The Morgan fingerprint density at radius 1 is 1.47 bits per heavy atom. The van der Waals surface area contributed by atoms with E-state index in [0.717, 1.165) is 40.6 Å². The number of aliphatic imine (C=N–C) groups is 1. The van der Waals surface area contributed by atoms with Crippen LogP contribution in [0.2, 0.25) is 0 Å². The summed E-state index contributed by atoms with van der Waals surface area (Å²) >= 11 is 3.51. The molecule has 1 aliphatic rings. The van der Waals surface area contributed by atoms with Gasteiger partial charge >= 0.3 is 0 Å². The number of benzene rings is 1. The second-order valence-electron chi connectivity index (χ2n) is 4.37. The van der Waals surface area contributed by atoms with Gasteiger partial charge in [0.15, 0.2) is 0 Å². The Bertz CT molecular complexity index is 488. The van der Waals surface area contributed by atoms with E-state index in [4.69, 9.17) is 4.74 Å². The molecule has 0 bridgehead atoms. The second kappa shape index (κ2) is 4.63. The SMILES string of the molecule is COc1cc(Br)c(C)c(C2(N=C=O)CCC2)c1. The quantitative estimate of drug-likeness (QED) is 0.632. The minimum absolute atomic E-state index is 0.372. The first-order chi connectivity index (χ1) is 8.13. The average molecular weight is 296 g/mol. The van der Waals surface area contributed by atoms with Gasteiger partial charge in [0.25, 0.3) is 0 Å². The van der Waals surface area contributed by atoms with Crippen molar-refractivity contribution in [3.63, 3.8) is 0 Å². The Balaban J connectivity index is 2.57. The van der Waals surface area contributed by atoms with Gasteiger partial charge in [0, 0.05) is 4.47 Å². The monoisotopic (exact) mass is 295 g/mol. The number of methoxy groups -OCH3 is 1. The third-order valence-electron chi connectivity index (χ3n) is 3.50. The predicted molar refractivity (Wildman–Crippen MR) is 69.1 cm³/mol. The molecule has 0 N–H and O–H groups in total. The van der Waals surface area contributed by atoms with E-state index in [1.54, 1.807) is 13.2 Å². The van der Waals surface area contributed by atoms with Crippen molar-refractivity contribution in [3.8, 4) is 5.75 Å². The van der Waals surface area contributed by atoms with Crippen LogP contribution in [0.4, 0.5) is 0 Å². The lowest BCUT2D eigenvalue weighted by Gasteiger charge is -2.38. The molecule has 0 aliphatic heterocycles. The molecule has 0 atom stereocenters. The van der Waals surface area contributed by atoms with Crippen LogP contribution >= 0.6 is 15.9 Å². The van der Waals surface area contributed by atoms with Crippen molar-refractivity contribution in [1.82, 2.24) is 0 Å². The zero-order chi connectivity index (χ0) is 12.5. The van der Waals surface area contributed by atoms with E-state index >= 15 is 0 Å². The number of ether oxygens (including phenoxy) is 1. The highest BCUT2D eigenvalue weighted by Gasteiger charge is 2.40. The molecule has 0 aromatic heterocycles. The fourth-order valence-electron chi connectivity index (χ4n) is 2.30. The summed E-state index contributed by atoms with van der Waals surface area (Å²) in [7, 11) is 1.64. The molecule has 0 amide bonds. The van der Waals surface area contributed by atoms with E-state index in [0.29, 0.717) is 0 Å². The van der Waals surface area contributed by atoms with E-state index in [-0.39, 0.29) is 5.54 Å². The van der Waals surface area contributed by atoms with Crippen LogP contribution in [0.5, 0.6) is 5.75 Å². The molecule has 1 aliphatic carbocycles. The Kier molecular flexibility index (Phi) is 3.36. The molecule has 1 fully saturated rings. The molecule has 0 spiro atoms. The maximum Gasteiger partial charge on any atom is 0.235 e. The molecule has 2 rings (SSSR count). The third kappa shape index (κ3) is 2.03. The maximum absolute atomic E-state index is 10.6. The lowest BCUT2D eigenvalue weighted by molar-refractivity contribution is 0.253. The highest BCUT2D eigenvalue weighted by atomic mass is 79.9. The molecule has 0 radical (unpaired) electrons. The van der Waals surface area contributed by atoms with Gasteiger partial charge in [-0.25, -0.2) is 4.79 Å². The number of rotatable bonds is 3. The number of nitrogens with zero attached hydrogens (tertiary/aromatic N) is 1.